The first kappa shape index (κ1) is 20.8. The first-order valence-corrected chi connectivity index (χ1v) is 10.6. The standard InChI is InChI=1S/C24H26N4O3/c1-3-31-24(30)18-5-4-12-28(14-18)23(29)17-8-11-20-21(13-17)25-15-26-22(20)27-19-9-6-16(2)7-10-19/h6-11,13,15,18H,3-5,12,14H2,1-2H3,(H,25,26,27). The molecule has 1 N–H and O–H groups in total. The minimum absolute atomic E-state index is 0.0949. The second-order valence-corrected chi connectivity index (χ2v) is 7.79. The molecular formula is C24H26N4O3. The summed E-state index contributed by atoms with van der Waals surface area (Å²) in [5.41, 5.74) is 3.36. The summed E-state index contributed by atoms with van der Waals surface area (Å²) >= 11 is 0. The summed E-state index contributed by atoms with van der Waals surface area (Å²) in [6, 6.07) is 13.5. The monoisotopic (exact) mass is 418 g/mol. The van der Waals surface area contributed by atoms with Crippen molar-refractivity contribution in [1.29, 1.82) is 0 Å². The molecule has 1 unspecified atom stereocenters. The number of carbonyl (C=O) groups excluding carboxylic acids is 2. The number of nitrogens with zero attached hydrogens (tertiary/aromatic N) is 3. The van der Waals surface area contributed by atoms with Gasteiger partial charge in [-0.05, 0) is 57.0 Å². The van der Waals surface area contributed by atoms with Crippen molar-refractivity contribution in [1.82, 2.24) is 14.9 Å². The van der Waals surface area contributed by atoms with Crippen LogP contribution in [0.15, 0.2) is 48.8 Å². The third-order valence-corrected chi connectivity index (χ3v) is 5.53. The fraction of sp³-hybridized carbons (Fsp3) is 0.333. The molecule has 1 saturated heterocycles. The number of benzene rings is 2. The number of esters is 1. The molecule has 0 bridgehead atoms. The summed E-state index contributed by atoms with van der Waals surface area (Å²) in [4.78, 5) is 35.7. The normalized spacial score (nSPS) is 16.2. The Hall–Kier alpha value is -3.48. The Morgan fingerprint density at radius 1 is 1.16 bits per heavy atom. The lowest BCUT2D eigenvalue weighted by atomic mass is 9.97. The highest BCUT2D eigenvalue weighted by molar-refractivity contribution is 6.00. The molecule has 1 amide bonds. The molecule has 2 aromatic carbocycles. The van der Waals surface area contributed by atoms with Crippen LogP contribution in [0.25, 0.3) is 10.9 Å². The molecule has 160 valence electrons. The largest absolute Gasteiger partial charge is 0.466 e. The highest BCUT2D eigenvalue weighted by Gasteiger charge is 2.30. The molecule has 1 aliphatic heterocycles. The molecular weight excluding hydrogens is 392 g/mol. The number of anilines is 2. The van der Waals surface area contributed by atoms with Gasteiger partial charge in [0, 0.05) is 29.7 Å². The van der Waals surface area contributed by atoms with Crippen molar-refractivity contribution in [2.75, 3.05) is 25.0 Å². The Morgan fingerprint density at radius 3 is 2.74 bits per heavy atom. The maximum atomic E-state index is 13.1. The molecule has 1 aliphatic rings. The number of hydrogen-bond donors (Lipinski definition) is 1. The molecule has 0 aliphatic carbocycles. The highest BCUT2D eigenvalue weighted by Crippen LogP contribution is 2.26. The Labute approximate surface area is 181 Å². The highest BCUT2D eigenvalue weighted by atomic mass is 16.5. The van der Waals surface area contributed by atoms with Crippen LogP contribution in [0.3, 0.4) is 0 Å². The molecule has 0 saturated carbocycles. The number of amides is 1. The van der Waals surface area contributed by atoms with E-state index in [4.69, 9.17) is 4.74 Å². The van der Waals surface area contributed by atoms with Gasteiger partial charge in [-0.25, -0.2) is 9.97 Å². The molecule has 2 heterocycles. The van der Waals surface area contributed by atoms with E-state index in [1.165, 1.54) is 11.9 Å². The van der Waals surface area contributed by atoms with Crippen LogP contribution < -0.4 is 5.32 Å². The minimum Gasteiger partial charge on any atom is -0.466 e. The van der Waals surface area contributed by atoms with Crippen LogP contribution in [0.2, 0.25) is 0 Å². The van der Waals surface area contributed by atoms with Gasteiger partial charge in [-0.1, -0.05) is 17.7 Å². The number of piperidine rings is 1. The number of aryl methyl sites for hydroxylation is 1. The number of nitrogens with one attached hydrogen (secondary N) is 1. The van der Waals surface area contributed by atoms with E-state index in [-0.39, 0.29) is 17.8 Å². The van der Waals surface area contributed by atoms with Gasteiger partial charge < -0.3 is 15.0 Å². The zero-order valence-electron chi connectivity index (χ0n) is 17.8. The van der Waals surface area contributed by atoms with Gasteiger partial charge >= 0.3 is 5.97 Å². The average Bonchev–Trinajstić information content (AvgIpc) is 2.80. The van der Waals surface area contributed by atoms with E-state index in [9.17, 15) is 9.59 Å². The average molecular weight is 418 g/mol. The molecule has 3 aromatic rings. The van der Waals surface area contributed by atoms with E-state index in [0.717, 1.165) is 23.9 Å². The number of likely N-dealkylation sites (tertiary alicyclic amines) is 1. The van der Waals surface area contributed by atoms with Crippen molar-refractivity contribution >= 4 is 34.3 Å². The zero-order valence-corrected chi connectivity index (χ0v) is 17.8. The van der Waals surface area contributed by atoms with Crippen LogP contribution in [0.4, 0.5) is 11.5 Å². The van der Waals surface area contributed by atoms with Crippen LogP contribution in [-0.4, -0.2) is 46.4 Å². The van der Waals surface area contributed by atoms with Gasteiger partial charge in [0.2, 0.25) is 0 Å². The Balaban J connectivity index is 1.54. The SMILES string of the molecule is CCOC(=O)C1CCCN(C(=O)c2ccc3c(Nc4ccc(C)cc4)ncnc3c2)C1. The molecule has 7 heteroatoms. The molecule has 0 spiro atoms. The third kappa shape index (κ3) is 4.66. The number of aromatic nitrogens is 2. The third-order valence-electron chi connectivity index (χ3n) is 5.53. The maximum absolute atomic E-state index is 13.1. The van der Waals surface area contributed by atoms with Gasteiger partial charge in [-0.2, -0.15) is 0 Å². The summed E-state index contributed by atoms with van der Waals surface area (Å²) in [5.74, 6) is 0.111. The molecule has 4 rings (SSSR count). The van der Waals surface area contributed by atoms with E-state index < -0.39 is 0 Å². The lowest BCUT2D eigenvalue weighted by molar-refractivity contribution is -0.149. The Bertz CT molecular complexity index is 1100. The molecule has 1 fully saturated rings. The van der Waals surface area contributed by atoms with Crippen molar-refractivity contribution in [2.45, 2.75) is 26.7 Å². The van der Waals surface area contributed by atoms with Gasteiger partial charge in [0.15, 0.2) is 0 Å². The van der Waals surface area contributed by atoms with Crippen molar-refractivity contribution in [3.05, 3.63) is 59.9 Å². The first-order chi connectivity index (χ1) is 15.0. The first-order valence-electron chi connectivity index (χ1n) is 10.6. The van der Waals surface area contributed by atoms with Crippen molar-refractivity contribution in [2.24, 2.45) is 5.92 Å². The van der Waals surface area contributed by atoms with Gasteiger partial charge in [0.05, 0.1) is 18.0 Å². The van der Waals surface area contributed by atoms with E-state index in [0.29, 0.717) is 36.6 Å². The van der Waals surface area contributed by atoms with E-state index >= 15 is 0 Å². The van der Waals surface area contributed by atoms with Crippen molar-refractivity contribution < 1.29 is 14.3 Å². The lowest BCUT2D eigenvalue weighted by Crippen LogP contribution is -2.42. The fourth-order valence-electron chi connectivity index (χ4n) is 3.86. The number of hydrogen-bond acceptors (Lipinski definition) is 6. The topological polar surface area (TPSA) is 84.4 Å². The predicted octanol–water partition coefficient (Wildman–Crippen LogP) is 4.10. The van der Waals surface area contributed by atoms with Crippen LogP contribution in [0.5, 0.6) is 0 Å². The smallest absolute Gasteiger partial charge is 0.310 e. The summed E-state index contributed by atoms with van der Waals surface area (Å²) in [6.45, 7) is 5.21. The van der Waals surface area contributed by atoms with Crippen LogP contribution in [0.1, 0.15) is 35.7 Å². The van der Waals surface area contributed by atoms with Crippen LogP contribution >= 0.6 is 0 Å². The maximum Gasteiger partial charge on any atom is 0.310 e. The molecule has 31 heavy (non-hydrogen) atoms. The summed E-state index contributed by atoms with van der Waals surface area (Å²) < 4.78 is 5.14. The number of rotatable bonds is 5. The van der Waals surface area contributed by atoms with E-state index in [2.05, 4.69) is 15.3 Å². The second-order valence-electron chi connectivity index (χ2n) is 7.79. The Kier molecular flexibility index (Phi) is 6.11. The van der Waals surface area contributed by atoms with Gasteiger partial charge in [-0.15, -0.1) is 0 Å². The molecule has 1 aromatic heterocycles. The summed E-state index contributed by atoms with van der Waals surface area (Å²) in [7, 11) is 0. The summed E-state index contributed by atoms with van der Waals surface area (Å²) in [5, 5.41) is 4.15. The Morgan fingerprint density at radius 2 is 1.97 bits per heavy atom. The van der Waals surface area contributed by atoms with Crippen molar-refractivity contribution in [3.63, 3.8) is 0 Å². The molecule has 7 nitrogen and oxygen atoms in total. The van der Waals surface area contributed by atoms with E-state index in [1.807, 2.05) is 37.3 Å². The number of carbonyl (C=O) groups is 2. The van der Waals surface area contributed by atoms with Gasteiger partial charge in [-0.3, -0.25) is 9.59 Å². The van der Waals surface area contributed by atoms with Crippen LogP contribution in [0, 0.1) is 12.8 Å². The summed E-state index contributed by atoms with van der Waals surface area (Å²) in [6.07, 6.45) is 3.03. The molecule has 0 radical (unpaired) electrons. The zero-order chi connectivity index (χ0) is 21.8. The van der Waals surface area contributed by atoms with Gasteiger partial charge in [0.1, 0.15) is 12.1 Å². The number of fused-ring (bicyclic) bond motifs is 1. The quantitative estimate of drug-likeness (QED) is 0.628. The predicted molar refractivity (Wildman–Crippen MR) is 119 cm³/mol. The van der Waals surface area contributed by atoms with Gasteiger partial charge in [0.25, 0.3) is 5.91 Å². The van der Waals surface area contributed by atoms with Crippen LogP contribution in [-0.2, 0) is 9.53 Å². The second kappa shape index (κ2) is 9.12. The number of ether oxygens (including phenoxy) is 1. The minimum atomic E-state index is -0.259. The lowest BCUT2D eigenvalue weighted by Gasteiger charge is -2.31. The van der Waals surface area contributed by atoms with E-state index in [1.54, 1.807) is 24.0 Å². The van der Waals surface area contributed by atoms with Crippen molar-refractivity contribution in [3.8, 4) is 0 Å². The fourth-order valence-corrected chi connectivity index (χ4v) is 3.86. The molecule has 1 atom stereocenters.